The van der Waals surface area contributed by atoms with Crippen LogP contribution in [0.15, 0.2) is 18.2 Å². The molecule has 108 valence electrons. The fourth-order valence-electron chi connectivity index (χ4n) is 2.87. The van der Waals surface area contributed by atoms with Crippen molar-refractivity contribution in [1.82, 2.24) is 0 Å². The first-order chi connectivity index (χ1) is 9.42. The van der Waals surface area contributed by atoms with Crippen molar-refractivity contribution in [2.45, 2.75) is 44.6 Å². The number of aliphatic carboxylic acids is 1. The maximum Gasteiger partial charge on any atom is 0.305 e. The number of anilines is 1. The zero-order chi connectivity index (χ0) is 14.8. The van der Waals surface area contributed by atoms with Gasteiger partial charge in [0.1, 0.15) is 0 Å². The van der Waals surface area contributed by atoms with E-state index in [2.05, 4.69) is 5.32 Å². The predicted molar refractivity (Wildman–Crippen MR) is 74.9 cm³/mol. The van der Waals surface area contributed by atoms with Crippen molar-refractivity contribution in [3.05, 3.63) is 33.9 Å². The molecule has 0 aromatic heterocycles. The summed E-state index contributed by atoms with van der Waals surface area (Å²) in [6.45, 7) is 1.79. The van der Waals surface area contributed by atoms with E-state index in [-0.39, 0.29) is 12.1 Å². The second-order valence-electron chi connectivity index (χ2n) is 5.44. The molecule has 2 N–H and O–H groups in total. The molecule has 1 aromatic rings. The van der Waals surface area contributed by atoms with E-state index < -0.39 is 16.4 Å². The minimum atomic E-state index is -0.820. The van der Waals surface area contributed by atoms with E-state index in [1.807, 2.05) is 0 Å². The van der Waals surface area contributed by atoms with Gasteiger partial charge in [-0.25, -0.2) is 0 Å². The number of carboxylic acids is 1. The van der Waals surface area contributed by atoms with E-state index in [9.17, 15) is 14.9 Å². The Kier molecular flexibility index (Phi) is 3.92. The first kappa shape index (κ1) is 14.3. The molecule has 6 nitrogen and oxygen atoms in total. The second-order valence-corrected chi connectivity index (χ2v) is 5.44. The van der Waals surface area contributed by atoms with Gasteiger partial charge in [-0.1, -0.05) is 12.8 Å². The maximum atomic E-state index is 11.0. The lowest BCUT2D eigenvalue weighted by atomic mass is 9.92. The van der Waals surface area contributed by atoms with Crippen LogP contribution in [-0.2, 0) is 4.79 Å². The van der Waals surface area contributed by atoms with E-state index >= 15 is 0 Å². The normalized spacial score (nSPS) is 16.9. The van der Waals surface area contributed by atoms with Crippen LogP contribution in [0.25, 0.3) is 0 Å². The van der Waals surface area contributed by atoms with Crippen LogP contribution in [0.5, 0.6) is 0 Å². The van der Waals surface area contributed by atoms with E-state index in [0.29, 0.717) is 0 Å². The van der Waals surface area contributed by atoms with E-state index in [0.717, 1.165) is 36.9 Å². The molecule has 0 atom stereocenters. The molecular formula is C14H18N2O4. The lowest BCUT2D eigenvalue weighted by Crippen LogP contribution is -2.37. The van der Waals surface area contributed by atoms with Gasteiger partial charge in [0.25, 0.3) is 5.69 Å². The van der Waals surface area contributed by atoms with Crippen LogP contribution >= 0.6 is 0 Å². The lowest BCUT2D eigenvalue weighted by Gasteiger charge is -2.30. The Bertz CT molecular complexity index is 536. The number of hydrogen-bond donors (Lipinski definition) is 2. The third-order valence-electron chi connectivity index (χ3n) is 3.87. The highest BCUT2D eigenvalue weighted by Gasteiger charge is 2.36. The van der Waals surface area contributed by atoms with Gasteiger partial charge in [0, 0.05) is 23.4 Å². The van der Waals surface area contributed by atoms with Crippen molar-refractivity contribution in [1.29, 1.82) is 0 Å². The standard InChI is InChI=1S/C14H18N2O4/c1-10-8-11(16(19)20)4-5-12(10)15-14(9-13(17)18)6-2-3-7-14/h4-5,8,15H,2-3,6-7,9H2,1H3,(H,17,18). The molecule has 0 unspecified atom stereocenters. The third kappa shape index (κ3) is 3.07. The largest absolute Gasteiger partial charge is 0.481 e. The van der Waals surface area contributed by atoms with Crippen LogP contribution < -0.4 is 5.32 Å². The molecule has 1 aromatic carbocycles. The monoisotopic (exact) mass is 278 g/mol. The molecule has 2 rings (SSSR count). The summed E-state index contributed by atoms with van der Waals surface area (Å²) in [7, 11) is 0. The zero-order valence-corrected chi connectivity index (χ0v) is 11.4. The van der Waals surface area contributed by atoms with Crippen LogP contribution in [-0.4, -0.2) is 21.5 Å². The predicted octanol–water partition coefficient (Wildman–Crippen LogP) is 3.10. The Balaban J connectivity index is 2.23. The highest BCUT2D eigenvalue weighted by molar-refractivity contribution is 5.70. The molecular weight excluding hydrogens is 260 g/mol. The fraction of sp³-hybridized carbons (Fsp3) is 0.500. The van der Waals surface area contributed by atoms with E-state index in [1.165, 1.54) is 12.1 Å². The molecule has 0 spiro atoms. The third-order valence-corrected chi connectivity index (χ3v) is 3.87. The molecule has 0 radical (unpaired) electrons. The molecule has 0 heterocycles. The second kappa shape index (κ2) is 5.48. The summed E-state index contributed by atoms with van der Waals surface area (Å²) < 4.78 is 0. The van der Waals surface area contributed by atoms with Crippen LogP contribution in [0.1, 0.15) is 37.7 Å². The molecule has 20 heavy (non-hydrogen) atoms. The van der Waals surface area contributed by atoms with Gasteiger partial charge < -0.3 is 10.4 Å². The average Bonchev–Trinajstić information content (AvgIpc) is 2.79. The maximum absolute atomic E-state index is 11.0. The van der Waals surface area contributed by atoms with Crippen molar-refractivity contribution in [3.63, 3.8) is 0 Å². The van der Waals surface area contributed by atoms with Gasteiger partial charge in [0.2, 0.25) is 0 Å². The van der Waals surface area contributed by atoms with Gasteiger partial charge in [-0.2, -0.15) is 0 Å². The Morgan fingerprint density at radius 2 is 2.10 bits per heavy atom. The van der Waals surface area contributed by atoms with E-state index in [4.69, 9.17) is 5.11 Å². The smallest absolute Gasteiger partial charge is 0.305 e. The minimum Gasteiger partial charge on any atom is -0.481 e. The number of nitro benzene ring substituents is 1. The number of nitrogens with zero attached hydrogens (tertiary/aromatic N) is 1. The molecule has 1 saturated carbocycles. The number of hydrogen-bond acceptors (Lipinski definition) is 4. The van der Waals surface area contributed by atoms with E-state index in [1.54, 1.807) is 13.0 Å². The summed E-state index contributed by atoms with van der Waals surface area (Å²) in [5, 5.41) is 23.1. The summed E-state index contributed by atoms with van der Waals surface area (Å²) in [5.74, 6) is -0.820. The number of aryl methyl sites for hydroxylation is 1. The Labute approximate surface area is 117 Å². The fourth-order valence-corrected chi connectivity index (χ4v) is 2.87. The summed E-state index contributed by atoms with van der Waals surface area (Å²) >= 11 is 0. The number of carbonyl (C=O) groups is 1. The summed E-state index contributed by atoms with van der Waals surface area (Å²) in [6, 6.07) is 4.61. The number of benzene rings is 1. The van der Waals surface area contributed by atoms with Gasteiger partial charge in [-0.3, -0.25) is 14.9 Å². The average molecular weight is 278 g/mol. The van der Waals surface area contributed by atoms with Crippen molar-refractivity contribution >= 4 is 17.3 Å². The first-order valence-electron chi connectivity index (χ1n) is 6.67. The molecule has 1 aliphatic rings. The van der Waals surface area contributed by atoms with Gasteiger partial charge in [0.15, 0.2) is 0 Å². The van der Waals surface area contributed by atoms with Crippen LogP contribution in [0.4, 0.5) is 11.4 Å². The molecule has 0 bridgehead atoms. The lowest BCUT2D eigenvalue weighted by molar-refractivity contribution is -0.384. The number of rotatable bonds is 5. The van der Waals surface area contributed by atoms with Crippen molar-refractivity contribution in [2.24, 2.45) is 0 Å². The summed E-state index contributed by atoms with van der Waals surface area (Å²) in [5.41, 5.74) is 1.16. The topological polar surface area (TPSA) is 92.5 Å². The van der Waals surface area contributed by atoms with Gasteiger partial charge in [-0.15, -0.1) is 0 Å². The van der Waals surface area contributed by atoms with Crippen molar-refractivity contribution in [3.8, 4) is 0 Å². The molecule has 0 aliphatic heterocycles. The number of nitrogens with one attached hydrogen (secondary N) is 1. The Morgan fingerprint density at radius 3 is 2.60 bits per heavy atom. The van der Waals surface area contributed by atoms with Crippen molar-refractivity contribution in [2.75, 3.05) is 5.32 Å². The first-order valence-corrected chi connectivity index (χ1v) is 6.67. The minimum absolute atomic E-state index is 0.0479. The highest BCUT2D eigenvalue weighted by atomic mass is 16.6. The number of nitro groups is 1. The summed E-state index contributed by atoms with van der Waals surface area (Å²) in [6.07, 6.45) is 3.72. The quantitative estimate of drug-likeness (QED) is 0.637. The molecule has 1 fully saturated rings. The Hall–Kier alpha value is -2.11. The van der Waals surface area contributed by atoms with Gasteiger partial charge in [0.05, 0.1) is 11.3 Å². The van der Waals surface area contributed by atoms with Crippen LogP contribution in [0, 0.1) is 17.0 Å². The Morgan fingerprint density at radius 1 is 1.45 bits per heavy atom. The van der Waals surface area contributed by atoms with Gasteiger partial charge in [-0.05, 0) is 31.4 Å². The molecule has 0 saturated heterocycles. The number of non-ortho nitro benzene ring substituents is 1. The zero-order valence-electron chi connectivity index (χ0n) is 11.4. The summed E-state index contributed by atoms with van der Waals surface area (Å²) in [4.78, 5) is 21.3. The van der Waals surface area contributed by atoms with Crippen LogP contribution in [0.2, 0.25) is 0 Å². The number of carboxylic acid groups (broad SMARTS) is 1. The SMILES string of the molecule is Cc1cc([N+](=O)[O-])ccc1NC1(CC(=O)O)CCCC1. The van der Waals surface area contributed by atoms with Crippen molar-refractivity contribution < 1.29 is 14.8 Å². The van der Waals surface area contributed by atoms with Gasteiger partial charge >= 0.3 is 5.97 Å². The molecule has 6 heteroatoms. The molecule has 1 aliphatic carbocycles. The van der Waals surface area contributed by atoms with Crippen LogP contribution in [0.3, 0.4) is 0 Å². The molecule has 0 amide bonds. The highest BCUT2D eigenvalue weighted by Crippen LogP contribution is 2.37.